The van der Waals surface area contributed by atoms with E-state index in [1.165, 1.54) is 0 Å². The molecule has 0 unspecified atom stereocenters. The highest BCUT2D eigenvalue weighted by molar-refractivity contribution is 8.00. The van der Waals surface area contributed by atoms with Crippen LogP contribution in [0.25, 0.3) is 0 Å². The summed E-state index contributed by atoms with van der Waals surface area (Å²) in [6, 6.07) is 6.85. The Hall–Kier alpha value is -1.49. The molecule has 0 heterocycles. The summed E-state index contributed by atoms with van der Waals surface area (Å²) in [6.45, 7) is 4.08. The van der Waals surface area contributed by atoms with E-state index in [1.54, 1.807) is 36.0 Å². The zero-order valence-corrected chi connectivity index (χ0v) is 11.3. The number of thioether (sulfide) groups is 1. The number of carboxylic acid groups (broad SMARTS) is 1. The standard InChI is InChI=1S/C13H17NO3S/c1-9(2)18-8-12(15)14-11-5-3-10(4-6-11)7-13(16)17/h3-6,9H,7-8H2,1-2H3,(H,14,15)(H,16,17). The Morgan fingerprint density at radius 2 is 1.89 bits per heavy atom. The minimum atomic E-state index is -0.861. The lowest BCUT2D eigenvalue weighted by molar-refractivity contribution is -0.136. The van der Waals surface area contributed by atoms with Gasteiger partial charge in [-0.1, -0.05) is 26.0 Å². The van der Waals surface area contributed by atoms with Gasteiger partial charge in [-0.15, -0.1) is 11.8 Å². The molecule has 0 aliphatic heterocycles. The van der Waals surface area contributed by atoms with E-state index in [9.17, 15) is 9.59 Å². The summed E-state index contributed by atoms with van der Waals surface area (Å²) >= 11 is 1.58. The van der Waals surface area contributed by atoms with E-state index < -0.39 is 5.97 Å². The van der Waals surface area contributed by atoms with Gasteiger partial charge in [0.15, 0.2) is 0 Å². The molecule has 0 radical (unpaired) electrons. The van der Waals surface area contributed by atoms with Gasteiger partial charge < -0.3 is 10.4 Å². The Balaban J connectivity index is 2.48. The quantitative estimate of drug-likeness (QED) is 0.830. The Morgan fingerprint density at radius 1 is 1.28 bits per heavy atom. The van der Waals surface area contributed by atoms with Gasteiger partial charge >= 0.3 is 5.97 Å². The number of nitrogens with one attached hydrogen (secondary N) is 1. The molecule has 1 aromatic rings. The molecular formula is C13H17NO3S. The molecule has 0 fully saturated rings. The molecule has 4 nitrogen and oxygen atoms in total. The predicted octanol–water partition coefficient (Wildman–Crippen LogP) is 2.39. The molecule has 0 spiro atoms. The summed E-state index contributed by atoms with van der Waals surface area (Å²) in [5.41, 5.74) is 1.41. The van der Waals surface area contributed by atoms with Gasteiger partial charge in [-0.05, 0) is 22.9 Å². The maximum absolute atomic E-state index is 11.6. The van der Waals surface area contributed by atoms with Crippen LogP contribution in [0.5, 0.6) is 0 Å². The van der Waals surface area contributed by atoms with Crippen LogP contribution in [0.2, 0.25) is 0 Å². The number of rotatable bonds is 6. The van der Waals surface area contributed by atoms with Gasteiger partial charge in [-0.2, -0.15) is 0 Å². The molecule has 0 aliphatic carbocycles. The molecule has 0 aromatic heterocycles. The number of hydrogen-bond donors (Lipinski definition) is 2. The van der Waals surface area contributed by atoms with Crippen LogP contribution < -0.4 is 5.32 Å². The molecular weight excluding hydrogens is 250 g/mol. The van der Waals surface area contributed by atoms with Crippen LogP contribution in [0, 0.1) is 0 Å². The van der Waals surface area contributed by atoms with Crippen LogP contribution in [0.15, 0.2) is 24.3 Å². The van der Waals surface area contributed by atoms with Crippen molar-refractivity contribution in [3.8, 4) is 0 Å². The molecule has 18 heavy (non-hydrogen) atoms. The van der Waals surface area contributed by atoms with Crippen LogP contribution in [0.3, 0.4) is 0 Å². The molecule has 1 aromatic carbocycles. The lowest BCUT2D eigenvalue weighted by Gasteiger charge is -2.07. The van der Waals surface area contributed by atoms with E-state index in [-0.39, 0.29) is 12.3 Å². The van der Waals surface area contributed by atoms with Crippen molar-refractivity contribution in [2.75, 3.05) is 11.1 Å². The van der Waals surface area contributed by atoms with Crippen molar-refractivity contribution in [1.29, 1.82) is 0 Å². The first-order valence-corrected chi connectivity index (χ1v) is 6.74. The summed E-state index contributed by atoms with van der Waals surface area (Å²) in [5, 5.41) is 11.8. The fourth-order valence-electron chi connectivity index (χ4n) is 1.32. The molecule has 1 rings (SSSR count). The van der Waals surface area contributed by atoms with Gasteiger partial charge in [0.2, 0.25) is 5.91 Å². The lowest BCUT2D eigenvalue weighted by Crippen LogP contribution is -2.15. The maximum atomic E-state index is 11.6. The Labute approximate surface area is 111 Å². The third-order valence-electron chi connectivity index (χ3n) is 2.14. The second-order valence-corrected chi connectivity index (χ2v) is 5.74. The van der Waals surface area contributed by atoms with Crippen LogP contribution in [-0.4, -0.2) is 28.0 Å². The first-order chi connectivity index (χ1) is 8.47. The van der Waals surface area contributed by atoms with Gasteiger partial charge in [0.05, 0.1) is 12.2 Å². The monoisotopic (exact) mass is 267 g/mol. The Kier molecular flexibility index (Phi) is 5.71. The van der Waals surface area contributed by atoms with Gasteiger partial charge in [-0.3, -0.25) is 9.59 Å². The van der Waals surface area contributed by atoms with E-state index in [1.807, 2.05) is 13.8 Å². The van der Waals surface area contributed by atoms with Gasteiger partial charge in [0, 0.05) is 5.69 Å². The van der Waals surface area contributed by atoms with Crippen molar-refractivity contribution in [3.05, 3.63) is 29.8 Å². The second kappa shape index (κ2) is 7.06. The molecule has 0 bridgehead atoms. The third kappa shape index (κ3) is 5.72. The zero-order chi connectivity index (χ0) is 13.5. The van der Waals surface area contributed by atoms with Crippen molar-refractivity contribution < 1.29 is 14.7 Å². The van der Waals surface area contributed by atoms with Crippen LogP contribution in [0.1, 0.15) is 19.4 Å². The van der Waals surface area contributed by atoms with E-state index in [0.29, 0.717) is 16.7 Å². The highest BCUT2D eigenvalue weighted by Crippen LogP contribution is 2.12. The van der Waals surface area contributed by atoms with Gasteiger partial charge in [0.25, 0.3) is 0 Å². The summed E-state index contributed by atoms with van der Waals surface area (Å²) in [7, 11) is 0. The first-order valence-electron chi connectivity index (χ1n) is 5.69. The highest BCUT2D eigenvalue weighted by Gasteiger charge is 2.05. The van der Waals surface area contributed by atoms with E-state index in [2.05, 4.69) is 5.32 Å². The number of benzene rings is 1. The fourth-order valence-corrected chi connectivity index (χ4v) is 1.88. The normalized spacial score (nSPS) is 10.4. The van der Waals surface area contributed by atoms with Crippen molar-refractivity contribution in [1.82, 2.24) is 0 Å². The van der Waals surface area contributed by atoms with Crippen molar-refractivity contribution in [2.24, 2.45) is 0 Å². The van der Waals surface area contributed by atoms with Crippen molar-refractivity contribution in [2.45, 2.75) is 25.5 Å². The molecule has 0 atom stereocenters. The highest BCUT2D eigenvalue weighted by atomic mass is 32.2. The average molecular weight is 267 g/mol. The van der Waals surface area contributed by atoms with E-state index >= 15 is 0 Å². The number of anilines is 1. The number of carbonyl (C=O) groups is 2. The minimum absolute atomic E-state index is 0.00255. The SMILES string of the molecule is CC(C)SCC(=O)Nc1ccc(CC(=O)O)cc1. The average Bonchev–Trinajstić information content (AvgIpc) is 2.28. The molecule has 0 saturated heterocycles. The number of carboxylic acids is 1. The molecule has 98 valence electrons. The summed E-state index contributed by atoms with van der Waals surface area (Å²) < 4.78 is 0. The smallest absolute Gasteiger partial charge is 0.307 e. The number of carbonyl (C=O) groups excluding carboxylic acids is 1. The molecule has 1 amide bonds. The lowest BCUT2D eigenvalue weighted by atomic mass is 10.1. The summed E-state index contributed by atoms with van der Waals surface area (Å²) in [6.07, 6.45) is -0.00255. The molecule has 5 heteroatoms. The topological polar surface area (TPSA) is 66.4 Å². The van der Waals surface area contributed by atoms with Crippen molar-refractivity contribution in [3.63, 3.8) is 0 Å². The second-order valence-electron chi connectivity index (χ2n) is 4.18. The van der Waals surface area contributed by atoms with Crippen LogP contribution in [-0.2, 0) is 16.0 Å². The fraction of sp³-hybridized carbons (Fsp3) is 0.385. The number of hydrogen-bond acceptors (Lipinski definition) is 3. The van der Waals surface area contributed by atoms with Crippen LogP contribution in [0.4, 0.5) is 5.69 Å². The molecule has 0 aliphatic rings. The minimum Gasteiger partial charge on any atom is -0.481 e. The maximum Gasteiger partial charge on any atom is 0.307 e. The van der Waals surface area contributed by atoms with Crippen molar-refractivity contribution >= 4 is 29.3 Å². The van der Waals surface area contributed by atoms with Crippen LogP contribution >= 0.6 is 11.8 Å². The predicted molar refractivity (Wildman–Crippen MR) is 74.0 cm³/mol. The van der Waals surface area contributed by atoms with E-state index in [0.717, 1.165) is 5.56 Å². The summed E-state index contributed by atoms with van der Waals surface area (Å²) in [5.74, 6) is -0.478. The Bertz CT molecular complexity index is 415. The number of aliphatic carboxylic acids is 1. The molecule has 0 saturated carbocycles. The summed E-state index contributed by atoms with van der Waals surface area (Å²) in [4.78, 5) is 22.1. The first kappa shape index (κ1) is 14.6. The third-order valence-corrected chi connectivity index (χ3v) is 3.24. The number of amides is 1. The van der Waals surface area contributed by atoms with Gasteiger partial charge in [-0.25, -0.2) is 0 Å². The van der Waals surface area contributed by atoms with Gasteiger partial charge in [0.1, 0.15) is 0 Å². The largest absolute Gasteiger partial charge is 0.481 e. The Morgan fingerprint density at radius 3 is 2.39 bits per heavy atom. The molecule has 2 N–H and O–H groups in total. The van der Waals surface area contributed by atoms with E-state index in [4.69, 9.17) is 5.11 Å². The zero-order valence-electron chi connectivity index (χ0n) is 10.5.